The van der Waals surface area contributed by atoms with Crippen molar-refractivity contribution in [3.63, 3.8) is 0 Å². The standard InChI is InChI=1S/C29H40FNO3Si/c1-19(2)31-25-12-10-9-11-24(25)27(21-13-15-22(30)16-14-21)28(31)20(3)17-23(18-26(32)33)34-35(7,8)29(4,5)6/h9-16,19-20,23H,17-18H2,1-8H3,(H,32,33). The molecule has 190 valence electrons. The molecule has 0 saturated heterocycles. The molecule has 1 N–H and O–H groups in total. The van der Waals surface area contributed by atoms with Gasteiger partial charge in [0, 0.05) is 28.2 Å². The maximum Gasteiger partial charge on any atom is 0.305 e. The van der Waals surface area contributed by atoms with Crippen LogP contribution in [0.15, 0.2) is 48.5 Å². The molecule has 0 fully saturated rings. The van der Waals surface area contributed by atoms with Gasteiger partial charge in [0.2, 0.25) is 0 Å². The van der Waals surface area contributed by atoms with Gasteiger partial charge in [0.1, 0.15) is 5.82 Å². The van der Waals surface area contributed by atoms with E-state index in [1.165, 1.54) is 12.1 Å². The first-order chi connectivity index (χ1) is 16.2. The van der Waals surface area contributed by atoms with Crippen molar-refractivity contribution in [2.75, 3.05) is 0 Å². The lowest BCUT2D eigenvalue weighted by molar-refractivity contribution is -0.139. The summed E-state index contributed by atoms with van der Waals surface area (Å²) in [5.41, 5.74) is 4.32. The van der Waals surface area contributed by atoms with Crippen molar-refractivity contribution in [1.29, 1.82) is 0 Å². The summed E-state index contributed by atoms with van der Waals surface area (Å²) in [5.74, 6) is -1.08. The molecule has 0 bridgehead atoms. The zero-order valence-electron chi connectivity index (χ0n) is 22.4. The number of hydrogen-bond acceptors (Lipinski definition) is 2. The van der Waals surface area contributed by atoms with Gasteiger partial charge in [-0.05, 0) is 68.1 Å². The average molecular weight is 498 g/mol. The van der Waals surface area contributed by atoms with Crippen LogP contribution in [-0.2, 0) is 9.22 Å². The molecule has 4 nitrogen and oxygen atoms in total. The minimum atomic E-state index is -2.17. The molecule has 2 unspecified atom stereocenters. The lowest BCUT2D eigenvalue weighted by Crippen LogP contribution is -2.44. The van der Waals surface area contributed by atoms with E-state index in [1.54, 1.807) is 0 Å². The van der Waals surface area contributed by atoms with Crippen LogP contribution in [0.5, 0.6) is 0 Å². The van der Waals surface area contributed by atoms with Crippen molar-refractivity contribution in [2.45, 2.75) is 90.6 Å². The third-order valence-electron chi connectivity index (χ3n) is 7.35. The molecule has 0 saturated carbocycles. The maximum atomic E-state index is 13.8. The summed E-state index contributed by atoms with van der Waals surface area (Å²) in [6, 6.07) is 15.2. The molecule has 0 aliphatic heterocycles. The van der Waals surface area contributed by atoms with Crippen molar-refractivity contribution >= 4 is 25.2 Å². The summed E-state index contributed by atoms with van der Waals surface area (Å²) in [5, 5.41) is 10.8. The normalized spacial score (nSPS) is 14.5. The molecular weight excluding hydrogens is 457 g/mol. The molecule has 0 aliphatic carbocycles. The Labute approximate surface area is 210 Å². The summed E-state index contributed by atoms with van der Waals surface area (Å²) in [7, 11) is -2.17. The molecular formula is C29H40FNO3Si. The molecule has 0 aliphatic rings. The molecule has 2 atom stereocenters. The van der Waals surface area contributed by atoms with Gasteiger partial charge in [-0.1, -0.05) is 58.0 Å². The van der Waals surface area contributed by atoms with Gasteiger partial charge < -0.3 is 14.1 Å². The fraction of sp³-hybridized carbons (Fsp3) is 0.483. The Morgan fingerprint density at radius 2 is 1.66 bits per heavy atom. The van der Waals surface area contributed by atoms with Crippen LogP contribution in [0.4, 0.5) is 4.39 Å². The van der Waals surface area contributed by atoms with E-state index in [1.807, 2.05) is 24.3 Å². The van der Waals surface area contributed by atoms with Crippen molar-refractivity contribution in [1.82, 2.24) is 4.57 Å². The van der Waals surface area contributed by atoms with E-state index in [0.717, 1.165) is 27.7 Å². The maximum absolute atomic E-state index is 13.8. The average Bonchev–Trinajstić information content (AvgIpc) is 3.08. The minimum absolute atomic E-state index is 0.0148. The summed E-state index contributed by atoms with van der Waals surface area (Å²) in [6.07, 6.45) is 0.184. The second-order valence-corrected chi connectivity index (χ2v) is 16.2. The highest BCUT2D eigenvalue weighted by Gasteiger charge is 2.40. The first kappa shape index (κ1) is 27.1. The lowest BCUT2D eigenvalue weighted by Gasteiger charge is -2.39. The lowest BCUT2D eigenvalue weighted by atomic mass is 9.91. The summed E-state index contributed by atoms with van der Waals surface area (Å²) in [4.78, 5) is 11.8. The second kappa shape index (κ2) is 10.3. The highest BCUT2D eigenvalue weighted by Crippen LogP contribution is 2.43. The number of carboxylic acids is 1. The Hall–Kier alpha value is -2.44. The fourth-order valence-electron chi connectivity index (χ4n) is 4.71. The van der Waals surface area contributed by atoms with Crippen molar-refractivity contribution < 1.29 is 18.7 Å². The topological polar surface area (TPSA) is 51.5 Å². The van der Waals surface area contributed by atoms with E-state index in [9.17, 15) is 14.3 Å². The molecule has 3 aromatic rings. The summed E-state index contributed by atoms with van der Waals surface area (Å²) >= 11 is 0. The van der Waals surface area contributed by atoms with Crippen LogP contribution in [-0.4, -0.2) is 30.1 Å². The van der Waals surface area contributed by atoms with Gasteiger partial charge in [0.05, 0.1) is 12.5 Å². The second-order valence-electron chi connectivity index (χ2n) is 11.5. The first-order valence-corrected chi connectivity index (χ1v) is 15.4. The smallest absolute Gasteiger partial charge is 0.305 e. The number of para-hydroxylation sites is 1. The molecule has 0 amide bonds. The fourth-order valence-corrected chi connectivity index (χ4v) is 6.08. The molecule has 3 rings (SSSR count). The zero-order chi connectivity index (χ0) is 26.1. The van der Waals surface area contributed by atoms with Crippen molar-refractivity contribution in [3.05, 3.63) is 60.0 Å². The van der Waals surface area contributed by atoms with Gasteiger partial charge in [-0.2, -0.15) is 0 Å². The van der Waals surface area contributed by atoms with E-state index in [-0.39, 0.29) is 35.3 Å². The van der Waals surface area contributed by atoms with E-state index in [2.05, 4.69) is 71.3 Å². The number of halogens is 1. The first-order valence-electron chi connectivity index (χ1n) is 12.5. The van der Waals surface area contributed by atoms with Gasteiger partial charge >= 0.3 is 5.97 Å². The van der Waals surface area contributed by atoms with E-state index in [0.29, 0.717) is 6.42 Å². The molecule has 2 aromatic carbocycles. The highest BCUT2D eigenvalue weighted by atomic mass is 28.4. The quantitative estimate of drug-likeness (QED) is 0.302. The van der Waals surface area contributed by atoms with Crippen LogP contribution in [0, 0.1) is 5.82 Å². The largest absolute Gasteiger partial charge is 0.481 e. The molecule has 1 aromatic heterocycles. The van der Waals surface area contributed by atoms with E-state index < -0.39 is 14.3 Å². The van der Waals surface area contributed by atoms with Crippen LogP contribution >= 0.6 is 0 Å². The highest BCUT2D eigenvalue weighted by molar-refractivity contribution is 6.74. The van der Waals surface area contributed by atoms with Crippen molar-refractivity contribution in [3.8, 4) is 11.1 Å². The zero-order valence-corrected chi connectivity index (χ0v) is 23.4. The summed E-state index contributed by atoms with van der Waals surface area (Å²) in [6.45, 7) is 17.3. The number of aliphatic carboxylic acids is 1. The Balaban J connectivity index is 2.14. The molecule has 0 radical (unpaired) electrons. The Kier molecular flexibility index (Phi) is 7.97. The predicted octanol–water partition coefficient (Wildman–Crippen LogP) is 8.39. The molecule has 6 heteroatoms. The monoisotopic (exact) mass is 497 g/mol. The molecule has 35 heavy (non-hydrogen) atoms. The third kappa shape index (κ3) is 5.87. The van der Waals surface area contributed by atoms with E-state index in [4.69, 9.17) is 4.43 Å². The van der Waals surface area contributed by atoms with Gasteiger partial charge in [-0.15, -0.1) is 0 Å². The number of carbonyl (C=O) groups is 1. The number of rotatable bonds is 9. The molecule has 0 spiro atoms. The van der Waals surface area contributed by atoms with Crippen LogP contribution in [0.3, 0.4) is 0 Å². The van der Waals surface area contributed by atoms with Crippen LogP contribution in [0.25, 0.3) is 22.0 Å². The number of benzene rings is 2. The third-order valence-corrected chi connectivity index (χ3v) is 11.9. The Bertz CT molecular complexity index is 1180. The van der Waals surface area contributed by atoms with Crippen LogP contribution in [0.2, 0.25) is 18.1 Å². The van der Waals surface area contributed by atoms with E-state index >= 15 is 0 Å². The van der Waals surface area contributed by atoms with Crippen molar-refractivity contribution in [2.24, 2.45) is 0 Å². The number of nitrogens with zero attached hydrogens (tertiary/aromatic N) is 1. The number of aromatic nitrogens is 1. The van der Waals surface area contributed by atoms with Crippen LogP contribution < -0.4 is 0 Å². The van der Waals surface area contributed by atoms with Gasteiger partial charge in [-0.3, -0.25) is 4.79 Å². The van der Waals surface area contributed by atoms with Gasteiger partial charge in [0.25, 0.3) is 0 Å². The number of fused-ring (bicyclic) bond motifs is 1. The van der Waals surface area contributed by atoms with Gasteiger partial charge in [-0.25, -0.2) is 4.39 Å². The predicted molar refractivity (Wildman–Crippen MR) is 145 cm³/mol. The van der Waals surface area contributed by atoms with Crippen LogP contribution in [0.1, 0.15) is 72.0 Å². The minimum Gasteiger partial charge on any atom is -0.481 e. The summed E-state index contributed by atoms with van der Waals surface area (Å²) < 4.78 is 22.8. The Morgan fingerprint density at radius 3 is 2.20 bits per heavy atom. The molecule has 1 heterocycles. The number of hydrogen-bond donors (Lipinski definition) is 1. The SMILES string of the molecule is CC(CC(CC(=O)O)O[Si](C)(C)C(C)(C)C)c1c(-c2ccc(F)cc2)c2ccccc2n1C(C)C. The Morgan fingerprint density at radius 1 is 1.06 bits per heavy atom. The van der Waals surface area contributed by atoms with Gasteiger partial charge in [0.15, 0.2) is 8.32 Å². The number of carboxylic acid groups (broad SMARTS) is 1.